The number of rotatable bonds is 1. The first kappa shape index (κ1) is 34.0. The van der Waals surface area contributed by atoms with Crippen molar-refractivity contribution in [2.45, 2.75) is 90.9 Å². The summed E-state index contributed by atoms with van der Waals surface area (Å²) < 4.78 is 2.74. The fourth-order valence-corrected chi connectivity index (χ4v) is 15.0. The Hall–Kier alpha value is -5.73. The van der Waals surface area contributed by atoms with Crippen LogP contribution in [0.25, 0.3) is 27.5 Å². The second-order valence-electron chi connectivity index (χ2n) is 21.3. The maximum absolute atomic E-state index is 2.81. The van der Waals surface area contributed by atoms with E-state index in [9.17, 15) is 0 Å². The molecule has 0 unspecified atom stereocenters. The molecule has 60 heavy (non-hydrogen) atoms. The van der Waals surface area contributed by atoms with Crippen LogP contribution in [0.15, 0.2) is 109 Å². The Morgan fingerprint density at radius 1 is 0.367 bits per heavy atom. The Labute approximate surface area is 354 Å². The maximum Gasteiger partial charge on any atom is 0.248 e. The number of hydrogen-bond acceptors (Lipinski definition) is 1. The van der Waals surface area contributed by atoms with Gasteiger partial charge in [-0.2, -0.15) is 0 Å². The number of fused-ring (bicyclic) bond motifs is 5. The molecule has 0 aliphatic carbocycles. The Bertz CT molecular complexity index is 3210. The van der Waals surface area contributed by atoms with Crippen LogP contribution in [-0.4, -0.2) is 18.0 Å². The number of aryl methyl sites for hydroxylation is 2. The van der Waals surface area contributed by atoms with Gasteiger partial charge in [-0.3, -0.25) is 0 Å². The first-order chi connectivity index (χ1) is 28.7. The van der Waals surface area contributed by atoms with Gasteiger partial charge in [0, 0.05) is 49.5 Å². The third kappa shape index (κ3) is 3.36. The molecule has 288 valence electrons. The molecule has 0 atom stereocenters. The summed E-state index contributed by atoms with van der Waals surface area (Å²) in [5, 5.41) is 2.64. The van der Waals surface area contributed by atoms with Crippen LogP contribution in [0.1, 0.15) is 111 Å². The highest BCUT2D eigenvalue weighted by molar-refractivity contribution is 7.04. The Morgan fingerprint density at radius 2 is 0.750 bits per heavy atom. The molecule has 7 heterocycles. The minimum absolute atomic E-state index is 0.131. The molecule has 0 bridgehead atoms. The van der Waals surface area contributed by atoms with Crippen molar-refractivity contribution >= 4 is 85.1 Å². The van der Waals surface area contributed by atoms with Gasteiger partial charge < -0.3 is 9.47 Å². The van der Waals surface area contributed by atoms with Gasteiger partial charge in [-0.05, 0) is 116 Å². The van der Waals surface area contributed by atoms with Crippen LogP contribution in [0, 0.1) is 13.8 Å². The maximum atomic E-state index is 2.81. The van der Waals surface area contributed by atoms with Gasteiger partial charge in [0.1, 0.15) is 0 Å². The number of hydrogen-bond donors (Lipinski definition) is 0. The van der Waals surface area contributed by atoms with Crippen molar-refractivity contribution in [3.63, 3.8) is 0 Å². The van der Waals surface area contributed by atoms with E-state index in [0.717, 1.165) is 0 Å². The predicted octanol–water partition coefficient (Wildman–Crippen LogP) is 9.09. The molecule has 0 amide bonds. The van der Waals surface area contributed by atoms with E-state index in [1.54, 1.807) is 21.9 Å². The van der Waals surface area contributed by atoms with Gasteiger partial charge in [0.2, 0.25) is 13.4 Å². The van der Waals surface area contributed by atoms with Crippen molar-refractivity contribution in [1.82, 2.24) is 4.57 Å². The Morgan fingerprint density at radius 3 is 1.17 bits per heavy atom. The Kier molecular flexibility index (Phi) is 5.71. The van der Waals surface area contributed by atoms with Gasteiger partial charge >= 0.3 is 0 Å². The highest BCUT2D eigenvalue weighted by atomic mass is 15.2. The predicted molar refractivity (Wildman–Crippen MR) is 256 cm³/mol. The summed E-state index contributed by atoms with van der Waals surface area (Å²) in [6, 6.07) is 43.0. The number of benzene rings is 7. The lowest BCUT2D eigenvalue weighted by Crippen LogP contribution is -2.75. The van der Waals surface area contributed by atoms with Gasteiger partial charge in [-0.15, -0.1) is 0 Å². The fraction of sp³-hybridized carbons (Fsp3) is 0.250. The van der Waals surface area contributed by atoms with Gasteiger partial charge in [-0.1, -0.05) is 151 Å². The highest BCUT2D eigenvalue weighted by Gasteiger charge is 2.61. The standard InChI is InChI=1S/C56H48B2N2/c1-29-25-27-39-47-41(29)53(3,4)33-19-15-21-35-45(33)57(47)49-43(55(35,7)8)51(59-37-23-13-11-17-31(37)32-18-12-14-24-38(32)59)44-50-52(49)60(39)40-28-26-30(2)42-48(40)58(50)46-34(54(42,5)6)20-16-22-36(46)56(44,9)10/h11-28H,1-10H3. The van der Waals surface area contributed by atoms with E-state index in [-0.39, 0.29) is 35.1 Å². The largest absolute Gasteiger partial charge is 0.312 e. The molecule has 4 heteroatoms. The van der Waals surface area contributed by atoms with E-state index >= 15 is 0 Å². The third-order valence-electron chi connectivity index (χ3n) is 17.0. The van der Waals surface area contributed by atoms with Crippen molar-refractivity contribution in [3.8, 4) is 5.69 Å². The molecule has 8 aromatic rings. The Balaban J connectivity index is 1.31. The van der Waals surface area contributed by atoms with Crippen molar-refractivity contribution in [2.75, 3.05) is 4.90 Å². The lowest BCUT2D eigenvalue weighted by atomic mass is 9.21. The first-order valence-corrected chi connectivity index (χ1v) is 22.3. The molecule has 1 aromatic heterocycles. The minimum Gasteiger partial charge on any atom is -0.312 e. The molecular weight excluding hydrogens is 722 g/mol. The van der Waals surface area contributed by atoms with E-state index in [0.29, 0.717) is 0 Å². The van der Waals surface area contributed by atoms with Gasteiger partial charge in [0.25, 0.3) is 0 Å². The topological polar surface area (TPSA) is 8.17 Å². The first-order valence-electron chi connectivity index (χ1n) is 22.3. The summed E-state index contributed by atoms with van der Waals surface area (Å²) in [4.78, 5) is 2.81. The van der Waals surface area contributed by atoms with Crippen LogP contribution in [0.5, 0.6) is 0 Å². The zero-order chi connectivity index (χ0) is 40.9. The van der Waals surface area contributed by atoms with E-state index in [4.69, 9.17) is 0 Å². The summed E-state index contributed by atoms with van der Waals surface area (Å²) in [5.41, 5.74) is 31.3. The molecule has 6 aliphatic heterocycles. The molecule has 0 saturated heterocycles. The van der Waals surface area contributed by atoms with Crippen molar-refractivity contribution in [3.05, 3.63) is 165 Å². The minimum atomic E-state index is -0.309. The van der Waals surface area contributed by atoms with Crippen molar-refractivity contribution in [2.24, 2.45) is 0 Å². The molecular formula is C56H48B2N2. The molecule has 14 rings (SSSR count). The summed E-state index contributed by atoms with van der Waals surface area (Å²) >= 11 is 0. The SMILES string of the molecule is Cc1ccc2c3c1C(C)(C)c1cccc4c1B3c1c3c5c(c(-n6c7ccccc7c7ccccc76)c1C4(C)C)C(C)(C)c1cccc4c1B5c1c(ccc(C)c1C4(C)C)N23. The smallest absolute Gasteiger partial charge is 0.248 e. The average molecular weight is 771 g/mol. The molecule has 0 fully saturated rings. The second-order valence-corrected chi connectivity index (χ2v) is 21.3. The van der Waals surface area contributed by atoms with Gasteiger partial charge in [-0.25, -0.2) is 0 Å². The van der Waals surface area contributed by atoms with Crippen molar-refractivity contribution < 1.29 is 0 Å². The van der Waals surface area contributed by atoms with Crippen LogP contribution >= 0.6 is 0 Å². The third-order valence-corrected chi connectivity index (χ3v) is 17.0. The molecule has 7 aromatic carbocycles. The number of aromatic nitrogens is 1. The lowest BCUT2D eigenvalue weighted by Gasteiger charge is -2.58. The summed E-state index contributed by atoms with van der Waals surface area (Å²) in [6.45, 7) is 25.2. The number of para-hydroxylation sites is 2. The van der Waals surface area contributed by atoms with Crippen LogP contribution in [-0.2, 0) is 21.7 Å². The zero-order valence-electron chi connectivity index (χ0n) is 36.4. The molecule has 0 spiro atoms. The van der Waals surface area contributed by atoms with Gasteiger partial charge in [0.15, 0.2) is 0 Å². The van der Waals surface area contributed by atoms with E-state index in [1.807, 2.05) is 0 Å². The normalized spacial score (nSPS) is 18.6. The molecule has 0 N–H and O–H groups in total. The fourth-order valence-electron chi connectivity index (χ4n) is 15.0. The average Bonchev–Trinajstić information content (AvgIpc) is 3.55. The zero-order valence-corrected chi connectivity index (χ0v) is 36.4. The lowest BCUT2D eigenvalue weighted by molar-refractivity contribution is 0.602. The molecule has 0 saturated carbocycles. The molecule has 6 aliphatic rings. The van der Waals surface area contributed by atoms with Crippen LogP contribution < -0.4 is 37.7 Å². The molecule has 2 nitrogen and oxygen atoms in total. The van der Waals surface area contributed by atoms with Crippen LogP contribution in [0.3, 0.4) is 0 Å². The number of anilines is 3. The van der Waals surface area contributed by atoms with E-state index < -0.39 is 0 Å². The summed E-state index contributed by atoms with van der Waals surface area (Å²) in [7, 11) is 0. The second kappa shape index (κ2) is 10.1. The van der Waals surface area contributed by atoms with Crippen LogP contribution in [0.4, 0.5) is 17.1 Å². The van der Waals surface area contributed by atoms with Crippen molar-refractivity contribution in [1.29, 1.82) is 0 Å². The van der Waals surface area contributed by atoms with E-state index in [1.165, 1.54) is 111 Å². The van der Waals surface area contributed by atoms with E-state index in [2.05, 4.69) is 188 Å². The summed E-state index contributed by atoms with van der Waals surface area (Å²) in [5.74, 6) is 0. The summed E-state index contributed by atoms with van der Waals surface area (Å²) in [6.07, 6.45) is 0. The van der Waals surface area contributed by atoms with Crippen LogP contribution in [0.2, 0.25) is 0 Å². The van der Waals surface area contributed by atoms with Gasteiger partial charge in [0.05, 0.1) is 16.7 Å². The number of nitrogens with zero attached hydrogens (tertiary/aromatic N) is 2. The molecule has 0 radical (unpaired) electrons. The monoisotopic (exact) mass is 770 g/mol. The quantitative estimate of drug-likeness (QED) is 0.151. The highest BCUT2D eigenvalue weighted by Crippen LogP contribution is 2.56.